The summed E-state index contributed by atoms with van der Waals surface area (Å²) in [6, 6.07) is 19.3. The Kier molecular flexibility index (Phi) is 3.37. The summed E-state index contributed by atoms with van der Waals surface area (Å²) in [5.74, 6) is 0. The largest absolute Gasteiger partial charge is 0.341 e. The number of fused-ring (bicyclic) bond motifs is 1. The third-order valence-electron chi connectivity index (χ3n) is 3.75. The van der Waals surface area contributed by atoms with Crippen LogP contribution in [0.3, 0.4) is 0 Å². The van der Waals surface area contributed by atoms with Crippen molar-refractivity contribution in [3.05, 3.63) is 66.7 Å². The summed E-state index contributed by atoms with van der Waals surface area (Å²) in [6.07, 6.45) is 3.54. The monoisotopic (exact) mass is 249 g/mol. The van der Waals surface area contributed by atoms with Crippen LogP contribution in [0, 0.1) is 0 Å². The first-order valence-corrected chi connectivity index (χ1v) is 6.96. The molecule has 0 bridgehead atoms. The average Bonchev–Trinajstić information content (AvgIpc) is 2.46. The fourth-order valence-corrected chi connectivity index (χ4v) is 2.75. The van der Waals surface area contributed by atoms with Crippen molar-refractivity contribution in [1.29, 1.82) is 0 Å². The molecule has 2 aromatic rings. The van der Waals surface area contributed by atoms with Gasteiger partial charge in [0.05, 0.1) is 0 Å². The fourth-order valence-electron chi connectivity index (χ4n) is 2.75. The Labute approximate surface area is 115 Å². The second-order valence-corrected chi connectivity index (χ2v) is 5.06. The van der Waals surface area contributed by atoms with E-state index in [1.54, 1.807) is 0 Å². The number of rotatable bonds is 1. The number of anilines is 2. The first-order valence-electron chi connectivity index (χ1n) is 6.96. The molecule has 3 rings (SSSR count). The van der Waals surface area contributed by atoms with Crippen LogP contribution < -0.4 is 4.90 Å². The first kappa shape index (κ1) is 12.0. The van der Waals surface area contributed by atoms with E-state index in [0.29, 0.717) is 0 Å². The highest BCUT2D eigenvalue weighted by molar-refractivity contribution is 5.79. The summed E-state index contributed by atoms with van der Waals surface area (Å²) < 4.78 is 0. The minimum absolute atomic E-state index is 1.08. The van der Waals surface area contributed by atoms with E-state index in [-0.39, 0.29) is 0 Å². The fraction of sp³-hybridized carbons (Fsp3) is 0.222. The molecule has 0 spiro atoms. The third-order valence-corrected chi connectivity index (χ3v) is 3.75. The van der Waals surface area contributed by atoms with Crippen LogP contribution in [0.15, 0.2) is 61.2 Å². The topological polar surface area (TPSA) is 3.24 Å². The van der Waals surface area contributed by atoms with Crippen molar-refractivity contribution < 1.29 is 0 Å². The van der Waals surface area contributed by atoms with Crippen LogP contribution in [0.4, 0.5) is 11.4 Å². The highest BCUT2D eigenvalue weighted by Crippen LogP contribution is 2.35. The van der Waals surface area contributed by atoms with Gasteiger partial charge in [-0.25, -0.2) is 0 Å². The number of benzene rings is 2. The van der Waals surface area contributed by atoms with E-state index in [4.69, 9.17) is 0 Å². The second-order valence-electron chi connectivity index (χ2n) is 5.06. The molecule has 0 fully saturated rings. The molecule has 0 atom stereocenters. The third kappa shape index (κ3) is 2.41. The maximum atomic E-state index is 4.26. The number of hydrogen-bond acceptors (Lipinski definition) is 1. The summed E-state index contributed by atoms with van der Waals surface area (Å²) in [4.78, 5) is 2.42. The van der Waals surface area contributed by atoms with Gasteiger partial charge >= 0.3 is 0 Å². The maximum absolute atomic E-state index is 4.26. The van der Waals surface area contributed by atoms with Gasteiger partial charge in [0.15, 0.2) is 0 Å². The predicted octanol–water partition coefficient (Wildman–Crippen LogP) is 5.02. The lowest BCUT2D eigenvalue weighted by Crippen LogP contribution is -2.21. The molecule has 0 aliphatic carbocycles. The standard InChI is InChI=1S/C18H19N/c1-15-9-7-8-14-19(16-10-3-2-4-11-16)18-13-6-5-12-17(15)18/h2-6,10-13H,1,7-9,14H2. The molecule has 1 aliphatic rings. The zero-order valence-corrected chi connectivity index (χ0v) is 11.2. The van der Waals surface area contributed by atoms with E-state index in [0.717, 1.165) is 13.0 Å². The normalized spacial score (nSPS) is 15.6. The van der Waals surface area contributed by atoms with Crippen molar-refractivity contribution in [3.63, 3.8) is 0 Å². The van der Waals surface area contributed by atoms with Crippen LogP contribution in [-0.2, 0) is 0 Å². The van der Waals surface area contributed by atoms with E-state index in [1.165, 1.54) is 35.4 Å². The Bertz CT molecular complexity index is 571. The molecule has 1 heterocycles. The van der Waals surface area contributed by atoms with Gasteiger partial charge in [-0.3, -0.25) is 0 Å². The van der Waals surface area contributed by atoms with Gasteiger partial charge in [-0.1, -0.05) is 43.0 Å². The molecule has 96 valence electrons. The van der Waals surface area contributed by atoms with Gasteiger partial charge in [-0.15, -0.1) is 0 Å². The molecule has 1 heteroatoms. The molecular formula is C18H19N. The number of hydrogen-bond donors (Lipinski definition) is 0. The minimum atomic E-state index is 1.08. The molecule has 0 N–H and O–H groups in total. The van der Waals surface area contributed by atoms with Crippen molar-refractivity contribution in [2.45, 2.75) is 19.3 Å². The lowest BCUT2D eigenvalue weighted by molar-refractivity contribution is 0.741. The average molecular weight is 249 g/mol. The highest BCUT2D eigenvalue weighted by Gasteiger charge is 2.16. The van der Waals surface area contributed by atoms with Crippen molar-refractivity contribution in [2.24, 2.45) is 0 Å². The highest BCUT2D eigenvalue weighted by atomic mass is 15.1. The SMILES string of the molecule is C=C1CCCCN(c2ccccc2)c2ccccc21. The minimum Gasteiger partial charge on any atom is -0.341 e. The summed E-state index contributed by atoms with van der Waals surface area (Å²) in [7, 11) is 0. The number of nitrogens with zero attached hydrogens (tertiary/aromatic N) is 1. The maximum Gasteiger partial charge on any atom is 0.0486 e. The van der Waals surface area contributed by atoms with Crippen molar-refractivity contribution >= 4 is 16.9 Å². The first-order chi connectivity index (χ1) is 9.36. The molecule has 1 aliphatic heterocycles. The molecule has 0 saturated carbocycles. The van der Waals surface area contributed by atoms with Gasteiger partial charge in [0.1, 0.15) is 0 Å². The lowest BCUT2D eigenvalue weighted by atomic mass is 9.96. The number of para-hydroxylation sites is 2. The van der Waals surface area contributed by atoms with Crippen molar-refractivity contribution in [2.75, 3.05) is 11.4 Å². The molecule has 1 nitrogen and oxygen atoms in total. The van der Waals surface area contributed by atoms with Crippen LogP contribution >= 0.6 is 0 Å². The lowest BCUT2D eigenvalue weighted by Gasteiger charge is -2.30. The van der Waals surface area contributed by atoms with Gasteiger partial charge < -0.3 is 4.90 Å². The van der Waals surface area contributed by atoms with E-state index < -0.39 is 0 Å². The molecule has 0 aromatic heterocycles. The summed E-state index contributed by atoms with van der Waals surface area (Å²) in [5, 5.41) is 0. The Hall–Kier alpha value is -2.02. The van der Waals surface area contributed by atoms with E-state index in [9.17, 15) is 0 Å². The Morgan fingerprint density at radius 2 is 1.58 bits per heavy atom. The van der Waals surface area contributed by atoms with Crippen LogP contribution in [0.5, 0.6) is 0 Å². The van der Waals surface area contributed by atoms with E-state index in [2.05, 4.69) is 66.1 Å². The van der Waals surface area contributed by atoms with Crippen LogP contribution in [-0.4, -0.2) is 6.54 Å². The summed E-state index contributed by atoms with van der Waals surface area (Å²) in [6.45, 7) is 5.34. The zero-order valence-electron chi connectivity index (χ0n) is 11.2. The van der Waals surface area contributed by atoms with Crippen LogP contribution in [0.1, 0.15) is 24.8 Å². The quantitative estimate of drug-likeness (QED) is 0.685. The van der Waals surface area contributed by atoms with Gasteiger partial charge in [0.25, 0.3) is 0 Å². The van der Waals surface area contributed by atoms with Crippen molar-refractivity contribution in [1.82, 2.24) is 0 Å². The zero-order chi connectivity index (χ0) is 13.1. The Morgan fingerprint density at radius 1 is 0.842 bits per heavy atom. The van der Waals surface area contributed by atoms with E-state index in [1.807, 2.05) is 0 Å². The van der Waals surface area contributed by atoms with Gasteiger partial charge in [0.2, 0.25) is 0 Å². The van der Waals surface area contributed by atoms with Gasteiger partial charge in [-0.05, 0) is 43.0 Å². The Morgan fingerprint density at radius 3 is 2.42 bits per heavy atom. The van der Waals surface area contributed by atoms with Gasteiger partial charge in [0, 0.05) is 23.5 Å². The summed E-state index contributed by atoms with van der Waals surface area (Å²) in [5.41, 5.74) is 5.12. The van der Waals surface area contributed by atoms with E-state index >= 15 is 0 Å². The molecule has 0 amide bonds. The molecular weight excluding hydrogens is 230 g/mol. The smallest absolute Gasteiger partial charge is 0.0486 e. The molecule has 2 aromatic carbocycles. The number of allylic oxidation sites excluding steroid dienone is 1. The molecule has 19 heavy (non-hydrogen) atoms. The van der Waals surface area contributed by atoms with Crippen LogP contribution in [0.2, 0.25) is 0 Å². The predicted molar refractivity (Wildman–Crippen MR) is 82.8 cm³/mol. The molecule has 0 unspecified atom stereocenters. The summed E-state index contributed by atoms with van der Waals surface area (Å²) >= 11 is 0. The van der Waals surface area contributed by atoms with Crippen molar-refractivity contribution in [3.8, 4) is 0 Å². The molecule has 0 saturated heterocycles. The molecule has 0 radical (unpaired) electrons. The van der Waals surface area contributed by atoms with Crippen LogP contribution in [0.25, 0.3) is 5.57 Å². The van der Waals surface area contributed by atoms with Gasteiger partial charge in [-0.2, -0.15) is 0 Å². The second kappa shape index (κ2) is 5.31. The Balaban J connectivity index is 2.10.